The third-order valence-corrected chi connectivity index (χ3v) is 5.37. The van der Waals surface area contributed by atoms with E-state index in [2.05, 4.69) is 15.6 Å². The smallest absolute Gasteiger partial charge is 0.360 e. The van der Waals surface area contributed by atoms with Crippen molar-refractivity contribution in [2.24, 2.45) is 5.73 Å². The lowest BCUT2D eigenvalue weighted by Crippen LogP contribution is -2.20. The molecule has 1 aromatic heterocycles. The molecule has 0 aliphatic heterocycles. The summed E-state index contributed by atoms with van der Waals surface area (Å²) in [5.74, 6) is -1.50. The number of methoxy groups -OCH3 is 1. The Hall–Kier alpha value is -4.21. The zero-order valence-electron chi connectivity index (χ0n) is 20.6. The molecule has 0 bridgehead atoms. The average Bonchev–Trinajstić information content (AvgIpc) is 3.28. The van der Waals surface area contributed by atoms with E-state index in [-0.39, 0.29) is 29.0 Å². The third kappa shape index (κ3) is 5.48. The van der Waals surface area contributed by atoms with Crippen molar-refractivity contribution in [3.8, 4) is 11.4 Å². The zero-order valence-corrected chi connectivity index (χ0v) is 20.6. The van der Waals surface area contributed by atoms with Crippen LogP contribution in [0.5, 0.6) is 5.75 Å². The van der Waals surface area contributed by atoms with Gasteiger partial charge in [-0.15, -0.1) is 5.10 Å². The molecule has 0 saturated carbocycles. The Morgan fingerprint density at radius 3 is 2.46 bits per heavy atom. The van der Waals surface area contributed by atoms with Gasteiger partial charge in [-0.05, 0) is 54.7 Å². The number of aromatic nitrogens is 3. The van der Waals surface area contributed by atoms with Gasteiger partial charge in [0.2, 0.25) is 0 Å². The first-order valence-electron chi connectivity index (χ1n) is 11.0. The molecule has 10 nitrogen and oxygen atoms in total. The number of hydrogen-bond acceptors (Lipinski definition) is 7. The van der Waals surface area contributed by atoms with Crippen molar-refractivity contribution in [3.05, 3.63) is 64.5 Å². The van der Waals surface area contributed by atoms with E-state index >= 15 is 0 Å². The number of nitrogens with zero attached hydrogens (tertiary/aromatic N) is 3. The standard InChI is InChI=1S/C25H29N5O5/c1-7-35-24(33)19-13-30(29-28-19)20-10-15(9-8-14(20)2)23(32)27-18-12-16(25(3,4)5)11-17(22(26)31)21(18)34-6/h8-13H,7H2,1-6H3,(H2,26,31)(H,27,32). The van der Waals surface area contributed by atoms with Crippen LogP contribution in [0.2, 0.25) is 0 Å². The maximum absolute atomic E-state index is 13.2. The molecule has 0 aliphatic rings. The van der Waals surface area contributed by atoms with Crippen LogP contribution in [0.1, 0.15) is 70.0 Å². The van der Waals surface area contributed by atoms with E-state index in [1.54, 1.807) is 37.3 Å². The van der Waals surface area contributed by atoms with Crippen LogP contribution in [-0.2, 0) is 10.2 Å². The number of nitrogens with two attached hydrogens (primary N) is 1. The minimum atomic E-state index is -0.662. The van der Waals surface area contributed by atoms with Gasteiger partial charge in [-0.1, -0.05) is 32.1 Å². The molecule has 184 valence electrons. The predicted octanol–water partition coefficient (Wildman–Crippen LogP) is 3.41. The lowest BCUT2D eigenvalue weighted by Gasteiger charge is -2.23. The number of primary amides is 1. The monoisotopic (exact) mass is 479 g/mol. The van der Waals surface area contributed by atoms with E-state index in [4.69, 9.17) is 15.2 Å². The van der Waals surface area contributed by atoms with Crippen LogP contribution in [0, 0.1) is 6.92 Å². The minimum absolute atomic E-state index is 0.0591. The van der Waals surface area contributed by atoms with Crippen LogP contribution in [0.4, 0.5) is 5.69 Å². The summed E-state index contributed by atoms with van der Waals surface area (Å²) in [6.07, 6.45) is 1.44. The summed E-state index contributed by atoms with van der Waals surface area (Å²) in [5.41, 5.74) is 8.33. The zero-order chi connectivity index (χ0) is 25.9. The number of benzene rings is 2. The van der Waals surface area contributed by atoms with Crippen LogP contribution in [0.25, 0.3) is 5.69 Å². The first kappa shape index (κ1) is 25.4. The van der Waals surface area contributed by atoms with Crippen LogP contribution in [0.15, 0.2) is 36.5 Å². The van der Waals surface area contributed by atoms with Crippen molar-refractivity contribution in [3.63, 3.8) is 0 Å². The average molecular weight is 480 g/mol. The molecule has 3 aromatic rings. The largest absolute Gasteiger partial charge is 0.494 e. The molecule has 2 aromatic carbocycles. The summed E-state index contributed by atoms with van der Waals surface area (Å²) in [4.78, 5) is 37.2. The second kappa shape index (κ2) is 9.96. The summed E-state index contributed by atoms with van der Waals surface area (Å²) < 4.78 is 11.8. The molecule has 10 heteroatoms. The third-order valence-electron chi connectivity index (χ3n) is 5.37. The molecule has 0 unspecified atom stereocenters. The molecule has 0 radical (unpaired) electrons. The van der Waals surface area contributed by atoms with Crippen LogP contribution in [-0.4, -0.2) is 46.5 Å². The molecule has 0 fully saturated rings. The van der Waals surface area contributed by atoms with E-state index in [1.165, 1.54) is 18.0 Å². The van der Waals surface area contributed by atoms with Gasteiger partial charge < -0.3 is 20.5 Å². The number of ether oxygens (including phenoxy) is 2. The van der Waals surface area contributed by atoms with Crippen LogP contribution in [0.3, 0.4) is 0 Å². The highest BCUT2D eigenvalue weighted by atomic mass is 16.5. The number of carbonyl (C=O) groups excluding carboxylic acids is 3. The molecule has 0 atom stereocenters. The van der Waals surface area contributed by atoms with E-state index in [0.717, 1.165) is 11.1 Å². The Morgan fingerprint density at radius 1 is 1.14 bits per heavy atom. The number of nitrogens with one attached hydrogen (secondary N) is 1. The molecular weight excluding hydrogens is 450 g/mol. The molecule has 0 spiro atoms. The Balaban J connectivity index is 1.99. The van der Waals surface area contributed by atoms with E-state index in [9.17, 15) is 14.4 Å². The lowest BCUT2D eigenvalue weighted by atomic mass is 9.85. The van der Waals surface area contributed by atoms with Crippen molar-refractivity contribution >= 4 is 23.5 Å². The maximum Gasteiger partial charge on any atom is 0.360 e. The molecule has 1 heterocycles. The Labute approximate surface area is 203 Å². The quantitative estimate of drug-likeness (QED) is 0.495. The fourth-order valence-corrected chi connectivity index (χ4v) is 3.43. The van der Waals surface area contributed by atoms with E-state index in [1.807, 2.05) is 27.7 Å². The fourth-order valence-electron chi connectivity index (χ4n) is 3.43. The highest BCUT2D eigenvalue weighted by molar-refractivity contribution is 6.07. The second-order valence-electron chi connectivity index (χ2n) is 8.94. The minimum Gasteiger partial charge on any atom is -0.494 e. The van der Waals surface area contributed by atoms with E-state index in [0.29, 0.717) is 16.9 Å². The van der Waals surface area contributed by atoms with Gasteiger partial charge in [-0.25, -0.2) is 9.48 Å². The van der Waals surface area contributed by atoms with Crippen LogP contribution < -0.4 is 15.8 Å². The normalized spacial score (nSPS) is 11.1. The molecule has 3 rings (SSSR count). The molecule has 35 heavy (non-hydrogen) atoms. The summed E-state index contributed by atoms with van der Waals surface area (Å²) in [7, 11) is 1.41. The van der Waals surface area contributed by atoms with Crippen LogP contribution >= 0.6 is 0 Å². The highest BCUT2D eigenvalue weighted by Gasteiger charge is 2.23. The van der Waals surface area contributed by atoms with Gasteiger partial charge in [0, 0.05) is 5.56 Å². The Bertz CT molecular complexity index is 1290. The lowest BCUT2D eigenvalue weighted by molar-refractivity contribution is 0.0519. The van der Waals surface area contributed by atoms with Gasteiger partial charge in [0.15, 0.2) is 11.4 Å². The fraction of sp³-hybridized carbons (Fsp3) is 0.320. The molecule has 2 amide bonds. The van der Waals surface area contributed by atoms with Crippen molar-refractivity contribution in [2.75, 3.05) is 19.0 Å². The van der Waals surface area contributed by atoms with Crippen molar-refractivity contribution in [1.82, 2.24) is 15.0 Å². The van der Waals surface area contributed by atoms with Gasteiger partial charge in [0.1, 0.15) is 0 Å². The maximum atomic E-state index is 13.2. The second-order valence-corrected chi connectivity index (χ2v) is 8.94. The molecular formula is C25H29N5O5. The number of amides is 2. The molecule has 0 aliphatic carbocycles. The first-order chi connectivity index (χ1) is 16.5. The van der Waals surface area contributed by atoms with Crippen molar-refractivity contribution in [2.45, 2.75) is 40.0 Å². The van der Waals surface area contributed by atoms with Gasteiger partial charge in [0.25, 0.3) is 11.8 Å². The number of carbonyl (C=O) groups is 3. The number of anilines is 1. The summed E-state index contributed by atoms with van der Waals surface area (Å²) in [6, 6.07) is 8.48. The van der Waals surface area contributed by atoms with Crippen molar-refractivity contribution < 1.29 is 23.9 Å². The van der Waals surface area contributed by atoms with Gasteiger partial charge >= 0.3 is 5.97 Å². The summed E-state index contributed by atoms with van der Waals surface area (Å²) >= 11 is 0. The highest BCUT2D eigenvalue weighted by Crippen LogP contribution is 2.35. The number of rotatable bonds is 7. The van der Waals surface area contributed by atoms with Gasteiger partial charge in [-0.2, -0.15) is 0 Å². The predicted molar refractivity (Wildman–Crippen MR) is 130 cm³/mol. The summed E-state index contributed by atoms with van der Waals surface area (Å²) in [5, 5.41) is 10.7. The van der Waals surface area contributed by atoms with Gasteiger partial charge in [0.05, 0.1) is 36.9 Å². The molecule has 3 N–H and O–H groups in total. The Morgan fingerprint density at radius 2 is 1.86 bits per heavy atom. The summed E-state index contributed by atoms with van der Waals surface area (Å²) in [6.45, 7) is 9.73. The Kier molecular flexibility index (Phi) is 7.23. The first-order valence-corrected chi connectivity index (χ1v) is 11.0. The number of aryl methyl sites for hydroxylation is 1. The SMILES string of the molecule is CCOC(=O)c1cn(-c2cc(C(=O)Nc3cc(C(C)(C)C)cc(C(N)=O)c3OC)ccc2C)nn1. The van der Waals surface area contributed by atoms with E-state index < -0.39 is 17.8 Å². The number of esters is 1. The topological polar surface area (TPSA) is 138 Å². The van der Waals surface area contributed by atoms with Gasteiger partial charge in [-0.3, -0.25) is 9.59 Å². The molecule has 0 saturated heterocycles. The number of hydrogen-bond donors (Lipinski definition) is 2. The van der Waals surface area contributed by atoms with Crippen molar-refractivity contribution in [1.29, 1.82) is 0 Å².